The molecule has 0 N–H and O–H groups in total. The lowest BCUT2D eigenvalue weighted by Gasteiger charge is -2.12. The maximum Gasteiger partial charge on any atom is 0.257 e. The van der Waals surface area contributed by atoms with Gasteiger partial charge >= 0.3 is 0 Å². The third-order valence-corrected chi connectivity index (χ3v) is 4.53. The van der Waals surface area contributed by atoms with Crippen molar-refractivity contribution < 1.29 is 0 Å². The summed E-state index contributed by atoms with van der Waals surface area (Å²) in [5, 5.41) is 0.742. The standard InChI is InChI=1S/C17H20N2OS/c1-5-10-21-17-18-13(3)15(16(20)19(17)4)11-14-9-7-6-8-12(14)2/h5-9H,1,10-11H2,2-4H3. The molecule has 3 nitrogen and oxygen atoms in total. The fourth-order valence-corrected chi connectivity index (χ4v) is 2.94. The smallest absolute Gasteiger partial charge is 0.257 e. The molecule has 0 aliphatic heterocycles. The molecule has 0 aliphatic carbocycles. The Kier molecular flexibility index (Phi) is 5.02. The van der Waals surface area contributed by atoms with Crippen LogP contribution in [0.2, 0.25) is 0 Å². The Labute approximate surface area is 129 Å². The van der Waals surface area contributed by atoms with Crippen molar-refractivity contribution >= 4 is 11.8 Å². The number of aryl methyl sites for hydroxylation is 2. The van der Waals surface area contributed by atoms with E-state index >= 15 is 0 Å². The van der Waals surface area contributed by atoms with Crippen molar-refractivity contribution in [3.8, 4) is 0 Å². The van der Waals surface area contributed by atoms with Crippen LogP contribution in [0.15, 0.2) is 46.9 Å². The quantitative estimate of drug-likeness (QED) is 0.483. The van der Waals surface area contributed by atoms with Crippen LogP contribution in [0.5, 0.6) is 0 Å². The van der Waals surface area contributed by atoms with E-state index in [1.165, 1.54) is 22.9 Å². The molecule has 0 spiro atoms. The van der Waals surface area contributed by atoms with Gasteiger partial charge in [-0.1, -0.05) is 42.1 Å². The van der Waals surface area contributed by atoms with E-state index in [0.29, 0.717) is 6.42 Å². The van der Waals surface area contributed by atoms with Crippen LogP contribution in [0, 0.1) is 13.8 Å². The summed E-state index contributed by atoms with van der Waals surface area (Å²) in [6, 6.07) is 8.15. The number of hydrogen-bond acceptors (Lipinski definition) is 3. The predicted molar refractivity (Wildman–Crippen MR) is 89.1 cm³/mol. The number of aromatic nitrogens is 2. The highest BCUT2D eigenvalue weighted by atomic mass is 32.2. The Balaban J connectivity index is 2.42. The first-order chi connectivity index (χ1) is 10.0. The van der Waals surface area contributed by atoms with E-state index in [9.17, 15) is 4.79 Å². The average Bonchev–Trinajstić information content (AvgIpc) is 2.47. The molecule has 4 heteroatoms. The minimum absolute atomic E-state index is 0.0392. The average molecular weight is 300 g/mol. The Bertz CT molecular complexity index is 719. The van der Waals surface area contributed by atoms with E-state index in [4.69, 9.17) is 0 Å². The van der Waals surface area contributed by atoms with Crippen LogP contribution in [0.25, 0.3) is 0 Å². The summed E-state index contributed by atoms with van der Waals surface area (Å²) in [5.41, 5.74) is 4.00. The van der Waals surface area contributed by atoms with Gasteiger partial charge in [-0.05, 0) is 25.0 Å². The van der Waals surface area contributed by atoms with Crippen molar-refractivity contribution in [2.24, 2.45) is 7.05 Å². The zero-order chi connectivity index (χ0) is 15.4. The highest BCUT2D eigenvalue weighted by Gasteiger charge is 2.13. The minimum atomic E-state index is 0.0392. The van der Waals surface area contributed by atoms with Crippen molar-refractivity contribution in [1.82, 2.24) is 9.55 Å². The van der Waals surface area contributed by atoms with Crippen molar-refractivity contribution in [3.63, 3.8) is 0 Å². The van der Waals surface area contributed by atoms with Gasteiger partial charge in [-0.25, -0.2) is 4.98 Å². The summed E-state index contributed by atoms with van der Waals surface area (Å²) in [4.78, 5) is 17.1. The monoisotopic (exact) mass is 300 g/mol. The first-order valence-corrected chi connectivity index (χ1v) is 7.88. The van der Waals surface area contributed by atoms with Crippen LogP contribution in [0.1, 0.15) is 22.4 Å². The van der Waals surface area contributed by atoms with Gasteiger partial charge in [-0.3, -0.25) is 9.36 Å². The molecule has 2 aromatic rings. The topological polar surface area (TPSA) is 34.9 Å². The number of nitrogens with zero attached hydrogens (tertiary/aromatic N) is 2. The van der Waals surface area contributed by atoms with Crippen molar-refractivity contribution in [2.75, 3.05) is 5.75 Å². The predicted octanol–water partition coefficient (Wildman–Crippen LogP) is 3.27. The summed E-state index contributed by atoms with van der Waals surface area (Å²) in [7, 11) is 1.78. The molecule has 1 aromatic carbocycles. The zero-order valence-corrected chi connectivity index (χ0v) is 13.5. The van der Waals surface area contributed by atoms with Gasteiger partial charge in [-0.2, -0.15) is 0 Å². The second-order valence-corrected chi connectivity index (χ2v) is 6.01. The summed E-state index contributed by atoms with van der Waals surface area (Å²) in [6.07, 6.45) is 2.44. The molecule has 0 atom stereocenters. The fraction of sp³-hybridized carbons (Fsp3) is 0.294. The van der Waals surface area contributed by atoms with Gasteiger partial charge in [0.25, 0.3) is 5.56 Å². The van der Waals surface area contributed by atoms with E-state index in [2.05, 4.69) is 30.6 Å². The van der Waals surface area contributed by atoms with E-state index in [0.717, 1.165) is 22.2 Å². The van der Waals surface area contributed by atoms with Crippen molar-refractivity contribution in [1.29, 1.82) is 0 Å². The number of thioether (sulfide) groups is 1. The molecule has 21 heavy (non-hydrogen) atoms. The van der Waals surface area contributed by atoms with Crippen molar-refractivity contribution in [3.05, 3.63) is 69.7 Å². The molecular formula is C17H20N2OS. The van der Waals surface area contributed by atoms with Gasteiger partial charge in [0.2, 0.25) is 0 Å². The molecule has 1 heterocycles. The molecule has 0 saturated heterocycles. The minimum Gasteiger partial charge on any atom is -0.291 e. The molecule has 2 rings (SSSR count). The lowest BCUT2D eigenvalue weighted by Crippen LogP contribution is -2.26. The molecule has 0 saturated carbocycles. The molecule has 0 radical (unpaired) electrons. The largest absolute Gasteiger partial charge is 0.291 e. The zero-order valence-electron chi connectivity index (χ0n) is 12.7. The van der Waals surface area contributed by atoms with Crippen LogP contribution in [-0.2, 0) is 13.5 Å². The number of rotatable bonds is 5. The summed E-state index contributed by atoms with van der Waals surface area (Å²) in [6.45, 7) is 7.67. The highest BCUT2D eigenvalue weighted by molar-refractivity contribution is 7.99. The Hall–Kier alpha value is -1.81. The van der Waals surface area contributed by atoms with Gasteiger partial charge in [0.05, 0.1) is 0 Å². The molecular weight excluding hydrogens is 280 g/mol. The van der Waals surface area contributed by atoms with Gasteiger partial charge in [-0.15, -0.1) is 6.58 Å². The Morgan fingerprint density at radius 1 is 1.33 bits per heavy atom. The number of benzene rings is 1. The van der Waals surface area contributed by atoms with Crippen molar-refractivity contribution in [2.45, 2.75) is 25.4 Å². The Morgan fingerprint density at radius 3 is 2.71 bits per heavy atom. The molecule has 0 amide bonds. The van der Waals surface area contributed by atoms with Gasteiger partial charge in [0.15, 0.2) is 5.16 Å². The lowest BCUT2D eigenvalue weighted by atomic mass is 10.0. The lowest BCUT2D eigenvalue weighted by molar-refractivity contribution is 0.684. The summed E-state index contributed by atoms with van der Waals surface area (Å²) < 4.78 is 1.63. The summed E-state index contributed by atoms with van der Waals surface area (Å²) in [5.74, 6) is 0.747. The molecule has 1 aromatic heterocycles. The third-order valence-electron chi connectivity index (χ3n) is 3.51. The Morgan fingerprint density at radius 2 is 2.05 bits per heavy atom. The maximum atomic E-state index is 12.6. The second kappa shape index (κ2) is 6.76. The van der Waals surface area contributed by atoms with Crippen LogP contribution < -0.4 is 5.56 Å². The molecule has 0 unspecified atom stereocenters. The first kappa shape index (κ1) is 15.6. The van der Waals surface area contributed by atoms with Crippen LogP contribution in [0.4, 0.5) is 0 Å². The first-order valence-electron chi connectivity index (χ1n) is 6.89. The van der Waals surface area contributed by atoms with Crippen LogP contribution in [0.3, 0.4) is 0 Å². The van der Waals surface area contributed by atoms with Crippen LogP contribution >= 0.6 is 11.8 Å². The number of hydrogen-bond donors (Lipinski definition) is 0. The SMILES string of the molecule is C=CCSc1nc(C)c(Cc2ccccc2C)c(=O)n1C. The summed E-state index contributed by atoms with van der Waals surface area (Å²) >= 11 is 1.53. The van der Waals surface area contributed by atoms with E-state index in [1.54, 1.807) is 11.6 Å². The molecule has 0 aliphatic rings. The fourth-order valence-electron chi connectivity index (χ4n) is 2.19. The molecule has 0 fully saturated rings. The molecule has 110 valence electrons. The maximum absolute atomic E-state index is 12.6. The highest BCUT2D eigenvalue weighted by Crippen LogP contribution is 2.17. The van der Waals surface area contributed by atoms with Gasteiger partial charge in [0, 0.05) is 30.5 Å². The normalized spacial score (nSPS) is 10.6. The molecule has 0 bridgehead atoms. The van der Waals surface area contributed by atoms with Gasteiger partial charge in [0.1, 0.15) is 0 Å². The van der Waals surface area contributed by atoms with E-state index < -0.39 is 0 Å². The van der Waals surface area contributed by atoms with E-state index in [-0.39, 0.29) is 5.56 Å². The third kappa shape index (κ3) is 3.45. The van der Waals surface area contributed by atoms with Crippen LogP contribution in [-0.4, -0.2) is 15.3 Å². The van der Waals surface area contributed by atoms with E-state index in [1.807, 2.05) is 25.1 Å². The van der Waals surface area contributed by atoms with Gasteiger partial charge < -0.3 is 0 Å². The second-order valence-electron chi connectivity index (χ2n) is 5.03.